The maximum atomic E-state index is 13.0. The molecule has 3 heterocycles. The highest BCUT2D eigenvalue weighted by molar-refractivity contribution is 5.96. The van der Waals surface area contributed by atoms with Crippen LogP contribution < -0.4 is 10.9 Å². The van der Waals surface area contributed by atoms with E-state index in [1.807, 2.05) is 53.4 Å². The van der Waals surface area contributed by atoms with Crippen LogP contribution in [0.5, 0.6) is 0 Å². The minimum absolute atomic E-state index is 0.0930. The summed E-state index contributed by atoms with van der Waals surface area (Å²) in [6, 6.07) is 21.9. The van der Waals surface area contributed by atoms with Gasteiger partial charge >= 0.3 is 6.03 Å². The lowest BCUT2D eigenvalue weighted by Gasteiger charge is -2.17. The van der Waals surface area contributed by atoms with Crippen LogP contribution in [0.25, 0.3) is 21.9 Å². The average molecular weight is 465 g/mol. The lowest BCUT2D eigenvalue weighted by Crippen LogP contribution is -2.30. The van der Waals surface area contributed by atoms with Crippen LogP contribution in [0.4, 0.5) is 10.5 Å². The fourth-order valence-corrected chi connectivity index (χ4v) is 5.27. The zero-order valence-electron chi connectivity index (χ0n) is 19.6. The van der Waals surface area contributed by atoms with Crippen molar-refractivity contribution in [3.8, 4) is 11.1 Å². The molecule has 1 saturated heterocycles. The summed E-state index contributed by atoms with van der Waals surface area (Å²) in [4.78, 5) is 32.3. The SMILES string of the molecule is O=C(Nc1ccc(-c2c[nH]c(=O)c3ccccc23)cc1)N1Cc2ccc(CN3CCCC3)cc2C1. The molecule has 0 unspecified atom stereocenters. The van der Waals surface area contributed by atoms with Crippen LogP contribution in [0.3, 0.4) is 0 Å². The molecule has 4 aromatic rings. The van der Waals surface area contributed by atoms with E-state index in [4.69, 9.17) is 0 Å². The molecule has 2 N–H and O–H groups in total. The van der Waals surface area contributed by atoms with Gasteiger partial charge in [0, 0.05) is 42.5 Å². The number of carbonyl (C=O) groups excluding carboxylic acids is 1. The van der Waals surface area contributed by atoms with Crippen molar-refractivity contribution in [2.24, 2.45) is 0 Å². The first-order valence-electron chi connectivity index (χ1n) is 12.2. The number of aromatic amines is 1. The van der Waals surface area contributed by atoms with Gasteiger partial charge in [0.05, 0.1) is 0 Å². The molecule has 35 heavy (non-hydrogen) atoms. The van der Waals surface area contributed by atoms with Gasteiger partial charge in [0.1, 0.15) is 0 Å². The summed E-state index contributed by atoms with van der Waals surface area (Å²) < 4.78 is 0. The van der Waals surface area contributed by atoms with Crippen LogP contribution in [0.1, 0.15) is 29.5 Å². The van der Waals surface area contributed by atoms with Gasteiger partial charge in [-0.25, -0.2) is 4.79 Å². The second-order valence-electron chi connectivity index (χ2n) is 9.53. The van der Waals surface area contributed by atoms with Gasteiger partial charge in [0.25, 0.3) is 5.56 Å². The van der Waals surface area contributed by atoms with Gasteiger partial charge in [-0.15, -0.1) is 0 Å². The van der Waals surface area contributed by atoms with Crippen molar-refractivity contribution in [2.75, 3.05) is 18.4 Å². The molecule has 3 aromatic carbocycles. The molecule has 0 aliphatic carbocycles. The number of benzene rings is 3. The molecule has 1 aromatic heterocycles. The molecule has 176 valence electrons. The van der Waals surface area contributed by atoms with E-state index in [1.165, 1.54) is 42.6 Å². The van der Waals surface area contributed by atoms with Gasteiger partial charge in [-0.2, -0.15) is 0 Å². The topological polar surface area (TPSA) is 68.4 Å². The summed E-state index contributed by atoms with van der Waals surface area (Å²) in [7, 11) is 0. The number of likely N-dealkylation sites (tertiary alicyclic amines) is 1. The number of hydrogen-bond donors (Lipinski definition) is 2. The number of nitrogens with zero attached hydrogens (tertiary/aromatic N) is 2. The van der Waals surface area contributed by atoms with Crippen molar-refractivity contribution in [1.29, 1.82) is 0 Å². The Hall–Kier alpha value is -3.90. The molecule has 2 amide bonds. The highest BCUT2D eigenvalue weighted by atomic mass is 16.2. The molecule has 0 saturated carbocycles. The quantitative estimate of drug-likeness (QED) is 0.428. The third-order valence-corrected chi connectivity index (χ3v) is 7.14. The Kier molecular flexibility index (Phi) is 5.58. The Balaban J connectivity index is 1.13. The van der Waals surface area contributed by atoms with Crippen LogP contribution in [0.15, 0.2) is 77.7 Å². The predicted octanol–water partition coefficient (Wildman–Crippen LogP) is 5.34. The molecule has 0 radical (unpaired) electrons. The third-order valence-electron chi connectivity index (χ3n) is 7.14. The van der Waals surface area contributed by atoms with Crippen LogP contribution in [0.2, 0.25) is 0 Å². The molecule has 2 aliphatic rings. The smallest absolute Gasteiger partial charge is 0.322 e. The van der Waals surface area contributed by atoms with Crippen molar-refractivity contribution < 1.29 is 4.79 Å². The summed E-state index contributed by atoms with van der Waals surface area (Å²) in [5, 5.41) is 4.61. The Labute approximate surface area is 204 Å². The number of pyridine rings is 1. The van der Waals surface area contributed by atoms with E-state index in [2.05, 4.69) is 33.4 Å². The molecule has 1 fully saturated rings. The lowest BCUT2D eigenvalue weighted by atomic mass is 10.0. The molecule has 0 atom stereocenters. The van der Waals surface area contributed by atoms with E-state index < -0.39 is 0 Å². The standard InChI is InChI=1S/C29H28N4O2/c34-28-26-6-2-1-5-25(26)27(16-30-28)21-9-11-24(12-10-21)31-29(35)33-18-22-8-7-20(15-23(22)19-33)17-32-13-3-4-14-32/h1-2,5-12,15-16H,3-4,13-14,17-19H2,(H,30,34)(H,31,35). The number of fused-ring (bicyclic) bond motifs is 2. The first kappa shape index (κ1) is 21.6. The Morgan fingerprint density at radius 3 is 2.43 bits per heavy atom. The number of nitrogens with one attached hydrogen (secondary N) is 2. The molecular weight excluding hydrogens is 436 g/mol. The Morgan fingerprint density at radius 1 is 0.886 bits per heavy atom. The number of anilines is 1. The lowest BCUT2D eigenvalue weighted by molar-refractivity contribution is 0.212. The largest absolute Gasteiger partial charge is 0.328 e. The van der Waals surface area contributed by atoms with Crippen LogP contribution in [-0.4, -0.2) is 33.9 Å². The van der Waals surface area contributed by atoms with E-state index in [9.17, 15) is 9.59 Å². The third kappa shape index (κ3) is 4.33. The number of aromatic nitrogens is 1. The number of urea groups is 1. The second kappa shape index (κ2) is 9.04. The van der Waals surface area contributed by atoms with Crippen molar-refractivity contribution in [3.63, 3.8) is 0 Å². The number of H-pyrrole nitrogens is 1. The zero-order chi connectivity index (χ0) is 23.8. The van der Waals surface area contributed by atoms with Gasteiger partial charge in [-0.3, -0.25) is 9.69 Å². The number of rotatable bonds is 4. The van der Waals surface area contributed by atoms with Crippen LogP contribution in [-0.2, 0) is 19.6 Å². The van der Waals surface area contributed by atoms with E-state index in [0.29, 0.717) is 18.5 Å². The summed E-state index contributed by atoms with van der Waals surface area (Å²) in [6.07, 6.45) is 4.33. The number of amides is 2. The Bertz CT molecular complexity index is 1450. The minimum Gasteiger partial charge on any atom is -0.328 e. The highest BCUT2D eigenvalue weighted by Gasteiger charge is 2.24. The minimum atomic E-state index is -0.0944. The van der Waals surface area contributed by atoms with Gasteiger partial charge in [-0.1, -0.05) is 48.5 Å². The van der Waals surface area contributed by atoms with E-state index in [1.54, 1.807) is 6.20 Å². The molecule has 6 heteroatoms. The van der Waals surface area contributed by atoms with Gasteiger partial charge in [-0.05, 0) is 71.8 Å². The first-order valence-corrected chi connectivity index (χ1v) is 12.2. The molecule has 6 rings (SSSR count). The highest BCUT2D eigenvalue weighted by Crippen LogP contribution is 2.28. The predicted molar refractivity (Wildman–Crippen MR) is 139 cm³/mol. The average Bonchev–Trinajstić information content (AvgIpc) is 3.55. The first-order chi connectivity index (χ1) is 17.1. The van der Waals surface area contributed by atoms with Gasteiger partial charge in [0.15, 0.2) is 0 Å². The Morgan fingerprint density at radius 2 is 1.63 bits per heavy atom. The molecular formula is C29H28N4O2. The summed E-state index contributed by atoms with van der Waals surface area (Å²) >= 11 is 0. The summed E-state index contributed by atoms with van der Waals surface area (Å²) in [5.41, 5.74) is 6.40. The fourth-order valence-electron chi connectivity index (χ4n) is 5.27. The summed E-state index contributed by atoms with van der Waals surface area (Å²) in [5.74, 6) is 0. The normalized spacial score (nSPS) is 15.5. The van der Waals surface area contributed by atoms with E-state index in [0.717, 1.165) is 28.7 Å². The van der Waals surface area contributed by atoms with Gasteiger partial charge < -0.3 is 15.2 Å². The molecule has 6 nitrogen and oxygen atoms in total. The van der Waals surface area contributed by atoms with Crippen molar-refractivity contribution in [3.05, 3.63) is 100.0 Å². The monoisotopic (exact) mass is 464 g/mol. The zero-order valence-corrected chi connectivity index (χ0v) is 19.6. The maximum Gasteiger partial charge on any atom is 0.322 e. The fraction of sp³-hybridized carbons (Fsp3) is 0.241. The van der Waals surface area contributed by atoms with Crippen molar-refractivity contribution in [2.45, 2.75) is 32.5 Å². The molecule has 0 bridgehead atoms. The van der Waals surface area contributed by atoms with Gasteiger partial charge in [0.2, 0.25) is 0 Å². The molecule has 0 spiro atoms. The second-order valence-corrected chi connectivity index (χ2v) is 9.53. The maximum absolute atomic E-state index is 13.0. The number of carbonyl (C=O) groups is 1. The van der Waals surface area contributed by atoms with E-state index >= 15 is 0 Å². The van der Waals surface area contributed by atoms with Crippen LogP contribution >= 0.6 is 0 Å². The van der Waals surface area contributed by atoms with E-state index in [-0.39, 0.29) is 11.6 Å². The summed E-state index contributed by atoms with van der Waals surface area (Å²) in [6.45, 7) is 4.63. The van der Waals surface area contributed by atoms with Crippen molar-refractivity contribution >= 4 is 22.5 Å². The number of hydrogen-bond acceptors (Lipinski definition) is 3. The van der Waals surface area contributed by atoms with Crippen LogP contribution in [0, 0.1) is 0 Å². The van der Waals surface area contributed by atoms with Crippen molar-refractivity contribution in [1.82, 2.24) is 14.8 Å². The molecule has 2 aliphatic heterocycles.